The van der Waals surface area contributed by atoms with E-state index in [4.69, 9.17) is 5.73 Å². The fraction of sp³-hybridized carbons (Fsp3) is 0.0556. The number of carbonyl (C=O) groups excluding carboxylic acids is 2. The van der Waals surface area contributed by atoms with Gasteiger partial charge in [0, 0.05) is 29.3 Å². The second-order valence-electron chi connectivity index (χ2n) is 5.57. The second-order valence-corrected chi connectivity index (χ2v) is 5.57. The van der Waals surface area contributed by atoms with Gasteiger partial charge < -0.3 is 11.1 Å². The van der Waals surface area contributed by atoms with Gasteiger partial charge in [0.1, 0.15) is 0 Å². The Morgan fingerprint density at radius 1 is 1.07 bits per heavy atom. The maximum atomic E-state index is 12.8. The molecular formula is C18H13F3N4O2. The van der Waals surface area contributed by atoms with Crippen molar-refractivity contribution in [3.8, 4) is 5.69 Å². The summed E-state index contributed by atoms with van der Waals surface area (Å²) in [5.74, 6) is -1.41. The van der Waals surface area contributed by atoms with Crippen LogP contribution in [0, 0.1) is 0 Å². The molecule has 2 amide bonds. The maximum absolute atomic E-state index is 12.8. The fourth-order valence-corrected chi connectivity index (χ4v) is 2.47. The minimum Gasteiger partial charge on any atom is -0.363 e. The van der Waals surface area contributed by atoms with Crippen molar-refractivity contribution in [2.24, 2.45) is 5.73 Å². The van der Waals surface area contributed by atoms with Gasteiger partial charge in [0.15, 0.2) is 0 Å². The molecule has 3 aromatic rings. The van der Waals surface area contributed by atoms with Gasteiger partial charge in [-0.2, -0.15) is 13.2 Å². The number of rotatable bonds is 4. The maximum Gasteiger partial charge on any atom is 0.416 e. The number of nitrogens with two attached hydrogens (primary N) is 1. The average Bonchev–Trinajstić information content (AvgIpc) is 3.11. The van der Waals surface area contributed by atoms with E-state index < -0.39 is 23.6 Å². The number of hydrogen-bond donors (Lipinski definition) is 2. The number of nitrogens with zero attached hydrogens (tertiary/aromatic N) is 2. The highest BCUT2D eigenvalue weighted by Gasteiger charge is 2.30. The van der Waals surface area contributed by atoms with Gasteiger partial charge in [0.05, 0.1) is 5.56 Å². The molecule has 0 spiro atoms. The van der Waals surface area contributed by atoms with E-state index >= 15 is 0 Å². The number of imidazole rings is 1. The van der Waals surface area contributed by atoms with E-state index in [0.717, 1.165) is 12.1 Å². The Hall–Kier alpha value is -3.62. The van der Waals surface area contributed by atoms with Crippen LogP contribution in [0.15, 0.2) is 60.9 Å². The third-order valence-electron chi connectivity index (χ3n) is 3.70. The minimum atomic E-state index is -4.54. The van der Waals surface area contributed by atoms with E-state index in [9.17, 15) is 22.8 Å². The molecule has 0 aliphatic carbocycles. The van der Waals surface area contributed by atoms with Crippen LogP contribution >= 0.6 is 0 Å². The molecule has 9 heteroatoms. The number of aromatic nitrogens is 2. The van der Waals surface area contributed by atoms with Crippen molar-refractivity contribution < 1.29 is 22.8 Å². The predicted octanol–water partition coefficient (Wildman–Crippen LogP) is 3.24. The van der Waals surface area contributed by atoms with Crippen LogP contribution in [0.2, 0.25) is 0 Å². The molecule has 138 valence electrons. The molecule has 6 nitrogen and oxygen atoms in total. The number of anilines is 1. The number of halogens is 3. The van der Waals surface area contributed by atoms with Crippen molar-refractivity contribution in [2.45, 2.75) is 6.18 Å². The number of amides is 2. The van der Waals surface area contributed by atoms with Crippen molar-refractivity contribution >= 4 is 17.5 Å². The van der Waals surface area contributed by atoms with Crippen molar-refractivity contribution in [1.82, 2.24) is 9.55 Å². The van der Waals surface area contributed by atoms with Gasteiger partial charge in [0.25, 0.3) is 11.8 Å². The summed E-state index contributed by atoms with van der Waals surface area (Å²) in [4.78, 5) is 27.5. The highest BCUT2D eigenvalue weighted by molar-refractivity contribution is 6.04. The number of carbonyl (C=O) groups is 2. The van der Waals surface area contributed by atoms with Gasteiger partial charge in [-0.3, -0.25) is 14.2 Å². The average molecular weight is 374 g/mol. The lowest BCUT2D eigenvalue weighted by atomic mass is 10.1. The number of hydrogen-bond acceptors (Lipinski definition) is 3. The van der Waals surface area contributed by atoms with Gasteiger partial charge in [-0.1, -0.05) is 12.1 Å². The van der Waals surface area contributed by atoms with Crippen molar-refractivity contribution in [3.63, 3.8) is 0 Å². The Labute approximate surface area is 151 Å². The summed E-state index contributed by atoms with van der Waals surface area (Å²) in [7, 11) is 0. The molecule has 2 aromatic carbocycles. The fourth-order valence-electron chi connectivity index (χ4n) is 2.47. The zero-order valence-electron chi connectivity index (χ0n) is 13.7. The van der Waals surface area contributed by atoms with Crippen LogP contribution in [0.3, 0.4) is 0 Å². The topological polar surface area (TPSA) is 90.0 Å². The lowest BCUT2D eigenvalue weighted by Crippen LogP contribution is -2.17. The Kier molecular flexibility index (Phi) is 4.68. The monoisotopic (exact) mass is 374 g/mol. The molecule has 27 heavy (non-hydrogen) atoms. The van der Waals surface area contributed by atoms with Gasteiger partial charge in [-0.05, 0) is 36.4 Å². The van der Waals surface area contributed by atoms with E-state index in [1.807, 2.05) is 0 Å². The highest BCUT2D eigenvalue weighted by Crippen LogP contribution is 2.29. The van der Waals surface area contributed by atoms with Crippen LogP contribution in [0.5, 0.6) is 0 Å². The SMILES string of the molecule is NC(=O)c1nccn1-c1cccc(NC(=O)c2cccc(C(F)(F)F)c2)c1. The number of nitrogens with one attached hydrogen (secondary N) is 1. The molecule has 0 bridgehead atoms. The smallest absolute Gasteiger partial charge is 0.363 e. The molecule has 0 radical (unpaired) electrons. The number of benzene rings is 2. The van der Waals surface area contributed by atoms with Crippen molar-refractivity contribution in [1.29, 1.82) is 0 Å². The highest BCUT2D eigenvalue weighted by atomic mass is 19.4. The largest absolute Gasteiger partial charge is 0.416 e. The molecule has 0 aliphatic rings. The summed E-state index contributed by atoms with van der Waals surface area (Å²) < 4.78 is 39.8. The van der Waals surface area contributed by atoms with Gasteiger partial charge in [-0.25, -0.2) is 4.98 Å². The number of primary amides is 1. The van der Waals surface area contributed by atoms with E-state index in [2.05, 4.69) is 10.3 Å². The molecule has 0 saturated heterocycles. The minimum absolute atomic E-state index is 0.0105. The summed E-state index contributed by atoms with van der Waals surface area (Å²) in [5.41, 5.74) is 5.05. The molecule has 3 rings (SSSR count). The molecule has 0 unspecified atom stereocenters. The van der Waals surface area contributed by atoms with Crippen LogP contribution in [0.25, 0.3) is 5.69 Å². The molecular weight excluding hydrogens is 361 g/mol. The van der Waals surface area contributed by atoms with Crippen LogP contribution in [-0.4, -0.2) is 21.4 Å². The van der Waals surface area contributed by atoms with Crippen LogP contribution in [0.4, 0.5) is 18.9 Å². The Bertz CT molecular complexity index is 1010. The molecule has 0 saturated carbocycles. The van der Waals surface area contributed by atoms with Crippen molar-refractivity contribution in [3.05, 3.63) is 77.9 Å². The Balaban J connectivity index is 1.86. The Morgan fingerprint density at radius 3 is 2.52 bits per heavy atom. The molecule has 1 heterocycles. The predicted molar refractivity (Wildman–Crippen MR) is 91.5 cm³/mol. The molecule has 0 fully saturated rings. The summed E-state index contributed by atoms with van der Waals surface area (Å²) >= 11 is 0. The third-order valence-corrected chi connectivity index (χ3v) is 3.70. The Morgan fingerprint density at radius 2 is 1.81 bits per heavy atom. The van der Waals surface area contributed by atoms with Crippen LogP contribution < -0.4 is 11.1 Å². The first kappa shape index (κ1) is 18.2. The van der Waals surface area contributed by atoms with Crippen LogP contribution in [-0.2, 0) is 6.18 Å². The lowest BCUT2D eigenvalue weighted by Gasteiger charge is -2.11. The summed E-state index contributed by atoms with van der Waals surface area (Å²) in [6.07, 6.45) is -1.62. The first-order valence-corrected chi connectivity index (χ1v) is 7.68. The zero-order chi connectivity index (χ0) is 19.6. The summed E-state index contributed by atoms with van der Waals surface area (Å²) in [6.45, 7) is 0. The summed E-state index contributed by atoms with van der Waals surface area (Å²) in [5, 5.41) is 2.53. The van der Waals surface area contributed by atoms with E-state index in [1.54, 1.807) is 24.3 Å². The van der Waals surface area contributed by atoms with E-state index in [1.165, 1.54) is 29.1 Å². The quantitative estimate of drug-likeness (QED) is 0.735. The first-order chi connectivity index (χ1) is 12.8. The third kappa shape index (κ3) is 3.97. The van der Waals surface area contributed by atoms with Gasteiger partial charge in [0.2, 0.25) is 5.82 Å². The zero-order valence-corrected chi connectivity index (χ0v) is 13.7. The summed E-state index contributed by atoms with van der Waals surface area (Å²) in [6, 6.07) is 10.5. The van der Waals surface area contributed by atoms with E-state index in [-0.39, 0.29) is 11.4 Å². The standard InChI is InChI=1S/C18H13F3N4O2/c19-18(20,21)12-4-1-3-11(9-12)17(27)24-13-5-2-6-14(10-13)25-8-7-23-16(25)15(22)26/h1-10H,(H2,22,26)(H,24,27). The first-order valence-electron chi connectivity index (χ1n) is 7.68. The molecule has 3 N–H and O–H groups in total. The van der Waals surface area contributed by atoms with Gasteiger partial charge >= 0.3 is 6.18 Å². The second kappa shape index (κ2) is 6.94. The molecule has 1 aromatic heterocycles. The lowest BCUT2D eigenvalue weighted by molar-refractivity contribution is -0.137. The molecule has 0 atom stereocenters. The number of alkyl halides is 3. The van der Waals surface area contributed by atoms with Crippen molar-refractivity contribution in [2.75, 3.05) is 5.32 Å². The van der Waals surface area contributed by atoms with Gasteiger partial charge in [-0.15, -0.1) is 0 Å². The van der Waals surface area contributed by atoms with E-state index in [0.29, 0.717) is 11.4 Å². The molecule has 0 aliphatic heterocycles. The normalized spacial score (nSPS) is 11.2. The van der Waals surface area contributed by atoms with Crippen LogP contribution in [0.1, 0.15) is 26.5 Å².